The maximum absolute atomic E-state index is 13.6. The molecule has 2 amide bonds. The molecule has 11 heteroatoms. The van der Waals surface area contributed by atoms with Crippen LogP contribution in [0.25, 0.3) is 0 Å². The van der Waals surface area contributed by atoms with Crippen molar-refractivity contribution in [2.75, 3.05) is 47.5 Å². The number of nitrogens with zero attached hydrogens (tertiary/aromatic N) is 3. The highest BCUT2D eigenvalue weighted by Gasteiger charge is 2.52. The molecule has 3 heterocycles. The van der Waals surface area contributed by atoms with Crippen LogP contribution in [0.5, 0.6) is 17.2 Å². The Bertz CT molecular complexity index is 1500. The summed E-state index contributed by atoms with van der Waals surface area (Å²) in [7, 11) is 4.60. The van der Waals surface area contributed by atoms with Crippen molar-refractivity contribution >= 4 is 35.0 Å². The van der Waals surface area contributed by atoms with Crippen molar-refractivity contribution in [2.24, 2.45) is 11.7 Å². The number of carbonyl (C=O) groups excluding carboxylic acids is 2. The number of ether oxygens (including phenoxy) is 3. The predicted molar refractivity (Wildman–Crippen MR) is 170 cm³/mol. The van der Waals surface area contributed by atoms with Crippen molar-refractivity contribution < 1.29 is 23.8 Å². The van der Waals surface area contributed by atoms with E-state index in [1.165, 1.54) is 21.3 Å². The van der Waals surface area contributed by atoms with E-state index in [-0.39, 0.29) is 23.8 Å². The summed E-state index contributed by atoms with van der Waals surface area (Å²) in [5, 5.41) is 0.868. The zero-order valence-electron chi connectivity index (χ0n) is 25.4. The van der Waals surface area contributed by atoms with Crippen LogP contribution in [0.1, 0.15) is 47.3 Å². The van der Waals surface area contributed by atoms with Gasteiger partial charge in [-0.05, 0) is 74.2 Å². The molecule has 44 heavy (non-hydrogen) atoms. The number of methoxy groups -OCH3 is 3. The number of hydrogen-bond donors (Lipinski definition) is 1. The summed E-state index contributed by atoms with van der Waals surface area (Å²) in [5.41, 5.74) is 7.21. The molecule has 0 saturated carbocycles. The fourth-order valence-electron chi connectivity index (χ4n) is 6.87. The van der Waals surface area contributed by atoms with Gasteiger partial charge in [-0.15, -0.1) is 0 Å². The van der Waals surface area contributed by atoms with Gasteiger partial charge in [0.05, 0.1) is 37.1 Å². The number of nitrogens with two attached hydrogens (primary N) is 1. The molecular weight excluding hydrogens is 603 g/mol. The zero-order chi connectivity index (χ0) is 31.6. The SMILES string of the molecule is COc1cc(C(=O)N2CCC(C(C)N3CCC(C(N)=O)(c4ccccn4)C(c4ccc(Cl)c(Cl)c4)C3)C2)cc(OC)c1OC. The maximum atomic E-state index is 13.6. The smallest absolute Gasteiger partial charge is 0.254 e. The molecule has 2 aliphatic rings. The summed E-state index contributed by atoms with van der Waals surface area (Å²) in [5.74, 6) is 0.736. The second-order valence-electron chi connectivity index (χ2n) is 11.5. The Hall–Kier alpha value is -3.53. The first-order valence-electron chi connectivity index (χ1n) is 14.6. The van der Waals surface area contributed by atoms with E-state index in [9.17, 15) is 9.59 Å². The van der Waals surface area contributed by atoms with Crippen molar-refractivity contribution in [3.05, 3.63) is 81.6 Å². The molecule has 3 aromatic rings. The first kappa shape index (κ1) is 31.9. The van der Waals surface area contributed by atoms with Gasteiger partial charge in [0.1, 0.15) is 5.41 Å². The number of hydrogen-bond acceptors (Lipinski definition) is 7. The average molecular weight is 642 g/mol. The third kappa shape index (κ3) is 5.80. The van der Waals surface area contributed by atoms with E-state index in [2.05, 4.69) is 16.8 Å². The van der Waals surface area contributed by atoms with Gasteiger partial charge in [0.2, 0.25) is 11.7 Å². The number of piperidine rings is 1. The molecule has 2 saturated heterocycles. The second-order valence-corrected chi connectivity index (χ2v) is 12.3. The van der Waals surface area contributed by atoms with Crippen LogP contribution in [0.3, 0.4) is 0 Å². The number of carbonyl (C=O) groups is 2. The van der Waals surface area contributed by atoms with Crippen molar-refractivity contribution in [3.8, 4) is 17.2 Å². The third-order valence-corrected chi connectivity index (χ3v) is 10.1. The van der Waals surface area contributed by atoms with Crippen molar-refractivity contribution in [1.82, 2.24) is 14.8 Å². The molecule has 0 spiro atoms. The molecule has 2 fully saturated rings. The number of halogens is 2. The maximum Gasteiger partial charge on any atom is 0.254 e. The van der Waals surface area contributed by atoms with Crippen LogP contribution in [0.15, 0.2) is 54.7 Å². The molecule has 2 aliphatic heterocycles. The summed E-state index contributed by atoms with van der Waals surface area (Å²) in [4.78, 5) is 35.9. The first-order valence-corrected chi connectivity index (χ1v) is 15.4. The Morgan fingerprint density at radius 3 is 2.30 bits per heavy atom. The molecule has 4 atom stereocenters. The van der Waals surface area contributed by atoms with Gasteiger partial charge < -0.3 is 24.8 Å². The van der Waals surface area contributed by atoms with Crippen molar-refractivity contribution in [1.29, 1.82) is 0 Å². The van der Waals surface area contributed by atoms with Gasteiger partial charge in [-0.1, -0.05) is 35.3 Å². The molecule has 0 aliphatic carbocycles. The van der Waals surface area contributed by atoms with E-state index in [0.717, 1.165) is 12.0 Å². The normalized spacial score (nSPS) is 22.8. The summed E-state index contributed by atoms with van der Waals surface area (Å²) in [6, 6.07) is 14.6. The lowest BCUT2D eigenvalue weighted by Crippen LogP contribution is -2.58. The molecule has 5 rings (SSSR count). The topological polar surface area (TPSA) is 107 Å². The van der Waals surface area contributed by atoms with E-state index < -0.39 is 11.3 Å². The summed E-state index contributed by atoms with van der Waals surface area (Å²) >= 11 is 12.7. The van der Waals surface area contributed by atoms with Gasteiger partial charge in [-0.25, -0.2) is 0 Å². The Morgan fingerprint density at radius 2 is 1.70 bits per heavy atom. The first-order chi connectivity index (χ1) is 21.1. The highest BCUT2D eigenvalue weighted by Crippen LogP contribution is 2.47. The molecule has 0 bridgehead atoms. The van der Waals surface area contributed by atoms with E-state index in [0.29, 0.717) is 71.2 Å². The number of likely N-dealkylation sites (tertiary alicyclic amines) is 2. The quantitative estimate of drug-likeness (QED) is 0.343. The van der Waals surface area contributed by atoms with Crippen LogP contribution in [-0.4, -0.2) is 80.1 Å². The largest absolute Gasteiger partial charge is 0.493 e. The Labute approximate surface area is 268 Å². The fourth-order valence-corrected chi connectivity index (χ4v) is 7.18. The number of rotatable bonds is 9. The molecule has 4 unspecified atom stereocenters. The van der Waals surface area contributed by atoms with Crippen LogP contribution in [0, 0.1) is 5.92 Å². The minimum atomic E-state index is -1.02. The lowest BCUT2D eigenvalue weighted by Gasteiger charge is -2.48. The highest BCUT2D eigenvalue weighted by atomic mass is 35.5. The number of primary amides is 1. The highest BCUT2D eigenvalue weighted by molar-refractivity contribution is 6.42. The molecule has 0 radical (unpaired) electrons. The van der Waals surface area contributed by atoms with Gasteiger partial charge in [0.15, 0.2) is 11.5 Å². The van der Waals surface area contributed by atoms with E-state index in [4.69, 9.17) is 43.1 Å². The number of aromatic nitrogens is 1. The number of amides is 2. The summed E-state index contributed by atoms with van der Waals surface area (Å²) < 4.78 is 16.3. The van der Waals surface area contributed by atoms with Crippen LogP contribution in [0.4, 0.5) is 0 Å². The third-order valence-electron chi connectivity index (χ3n) is 9.39. The monoisotopic (exact) mass is 640 g/mol. The molecule has 1 aromatic heterocycles. The standard InChI is InChI=1S/C33H38Cl2N4O5/c1-20(22-10-13-39(18-22)31(40)23-16-27(42-2)30(44-4)28(17-23)43-3)38-14-11-33(32(36)41,29-7-5-6-12-37-29)24(19-38)21-8-9-25(34)26(35)15-21/h5-9,12,15-17,20,22,24H,10-11,13-14,18-19H2,1-4H3,(H2,36,41). The zero-order valence-corrected chi connectivity index (χ0v) is 26.9. The van der Waals surface area contributed by atoms with Crippen molar-refractivity contribution in [3.63, 3.8) is 0 Å². The number of benzene rings is 2. The van der Waals surface area contributed by atoms with Gasteiger partial charge in [0, 0.05) is 43.4 Å². The van der Waals surface area contributed by atoms with E-state index >= 15 is 0 Å². The van der Waals surface area contributed by atoms with Crippen LogP contribution < -0.4 is 19.9 Å². The predicted octanol–water partition coefficient (Wildman–Crippen LogP) is 5.18. The van der Waals surface area contributed by atoms with E-state index in [1.807, 2.05) is 35.2 Å². The lowest BCUT2D eigenvalue weighted by atomic mass is 9.64. The molecule has 2 N–H and O–H groups in total. The Morgan fingerprint density at radius 1 is 0.977 bits per heavy atom. The van der Waals surface area contributed by atoms with Gasteiger partial charge >= 0.3 is 0 Å². The average Bonchev–Trinajstić information content (AvgIpc) is 3.55. The molecule has 234 valence electrons. The number of pyridine rings is 1. The van der Waals surface area contributed by atoms with Gasteiger partial charge in [-0.3, -0.25) is 19.5 Å². The van der Waals surface area contributed by atoms with E-state index in [1.54, 1.807) is 24.4 Å². The minimum Gasteiger partial charge on any atom is -0.493 e. The van der Waals surface area contributed by atoms with Crippen LogP contribution in [0.2, 0.25) is 10.0 Å². The van der Waals surface area contributed by atoms with Crippen LogP contribution >= 0.6 is 23.2 Å². The minimum absolute atomic E-state index is 0.0887. The molecule has 2 aromatic carbocycles. The summed E-state index contributed by atoms with van der Waals surface area (Å²) in [6.45, 7) is 4.65. The summed E-state index contributed by atoms with van der Waals surface area (Å²) in [6.07, 6.45) is 3.04. The Kier molecular flexibility index (Phi) is 9.58. The van der Waals surface area contributed by atoms with Gasteiger partial charge in [0.25, 0.3) is 5.91 Å². The van der Waals surface area contributed by atoms with Gasteiger partial charge in [-0.2, -0.15) is 0 Å². The fraction of sp³-hybridized carbons (Fsp3) is 0.424. The molecular formula is C33H38Cl2N4O5. The second kappa shape index (κ2) is 13.2. The lowest BCUT2D eigenvalue weighted by molar-refractivity contribution is -0.127. The van der Waals surface area contributed by atoms with Crippen molar-refractivity contribution in [2.45, 2.75) is 37.1 Å². The van der Waals surface area contributed by atoms with Crippen LogP contribution in [-0.2, 0) is 10.2 Å². The molecule has 9 nitrogen and oxygen atoms in total. The Balaban J connectivity index is 1.39.